The average molecular weight is 404 g/mol. The number of amides is 2. The number of ether oxygens (including phenoxy) is 2. The van der Waals surface area contributed by atoms with Crippen molar-refractivity contribution in [3.63, 3.8) is 0 Å². The molecule has 0 bridgehead atoms. The zero-order valence-corrected chi connectivity index (χ0v) is 16.9. The number of thiophene rings is 1. The van der Waals surface area contributed by atoms with Crippen LogP contribution in [0.25, 0.3) is 0 Å². The molecule has 0 fully saturated rings. The van der Waals surface area contributed by atoms with Crippen LogP contribution in [0.4, 0.5) is 10.5 Å². The molecule has 1 aromatic carbocycles. The van der Waals surface area contributed by atoms with E-state index in [0.29, 0.717) is 29.1 Å². The molecule has 0 saturated carbocycles. The zero-order chi connectivity index (χ0) is 20.6. The Labute approximate surface area is 168 Å². The minimum absolute atomic E-state index is 0.172. The van der Waals surface area contributed by atoms with Crippen molar-refractivity contribution in [2.24, 2.45) is 0 Å². The highest BCUT2D eigenvalue weighted by Crippen LogP contribution is 2.15. The number of rotatable bonds is 7. The molecule has 8 heteroatoms. The molecule has 0 radical (unpaired) electrons. The van der Waals surface area contributed by atoms with Gasteiger partial charge < -0.3 is 20.1 Å². The van der Waals surface area contributed by atoms with Gasteiger partial charge in [0.2, 0.25) is 0 Å². The van der Waals surface area contributed by atoms with Crippen LogP contribution < -0.4 is 10.6 Å². The van der Waals surface area contributed by atoms with Crippen molar-refractivity contribution < 1.29 is 23.9 Å². The lowest BCUT2D eigenvalue weighted by molar-refractivity contribution is 0.0483. The third kappa shape index (κ3) is 7.40. The molecule has 2 N–H and O–H groups in total. The molecule has 2 aromatic rings. The van der Waals surface area contributed by atoms with E-state index < -0.39 is 17.7 Å². The van der Waals surface area contributed by atoms with E-state index in [4.69, 9.17) is 9.47 Å². The van der Waals surface area contributed by atoms with Gasteiger partial charge in [-0.15, -0.1) is 11.3 Å². The van der Waals surface area contributed by atoms with Crippen molar-refractivity contribution in [1.29, 1.82) is 0 Å². The second-order valence-electron chi connectivity index (χ2n) is 6.93. The molecular weight excluding hydrogens is 380 g/mol. The first-order chi connectivity index (χ1) is 13.2. The number of nitrogens with one attached hydrogen (secondary N) is 2. The maximum absolute atomic E-state index is 12.0. The Kier molecular flexibility index (Phi) is 7.57. The van der Waals surface area contributed by atoms with Crippen LogP contribution >= 0.6 is 11.3 Å². The Balaban J connectivity index is 1.70. The van der Waals surface area contributed by atoms with E-state index in [0.717, 1.165) is 0 Å². The Morgan fingerprint density at radius 3 is 2.39 bits per heavy atom. The van der Waals surface area contributed by atoms with Crippen LogP contribution in [0.2, 0.25) is 0 Å². The van der Waals surface area contributed by atoms with Gasteiger partial charge in [0, 0.05) is 12.2 Å². The Hall–Kier alpha value is -2.87. The molecule has 0 aliphatic carbocycles. The largest absolute Gasteiger partial charge is 0.462 e. The van der Waals surface area contributed by atoms with Gasteiger partial charge in [-0.05, 0) is 62.9 Å². The van der Waals surface area contributed by atoms with Crippen LogP contribution in [0.3, 0.4) is 0 Å². The van der Waals surface area contributed by atoms with Gasteiger partial charge in [-0.3, -0.25) is 4.79 Å². The van der Waals surface area contributed by atoms with Gasteiger partial charge in [0.05, 0.1) is 17.0 Å². The molecule has 1 aromatic heterocycles. The highest BCUT2D eigenvalue weighted by Gasteiger charge is 2.15. The molecular formula is C20H24N2O5S. The molecule has 1 heterocycles. The molecule has 150 valence electrons. The minimum Gasteiger partial charge on any atom is -0.462 e. The zero-order valence-electron chi connectivity index (χ0n) is 16.1. The summed E-state index contributed by atoms with van der Waals surface area (Å²) in [6, 6.07) is 10.0. The lowest BCUT2D eigenvalue weighted by Gasteiger charge is -2.19. The summed E-state index contributed by atoms with van der Waals surface area (Å²) in [6.07, 6.45) is -0.0288. The standard InChI is InChI=1S/C20H24N2O5S/c1-20(2,3)27-19(25)21-11-5-12-26-18(24)14-7-9-15(10-8-14)22-17(23)16-6-4-13-28-16/h4,6-10,13H,5,11-12H2,1-3H3,(H,21,25)(H,22,23). The van der Waals surface area contributed by atoms with Crippen LogP contribution in [-0.2, 0) is 9.47 Å². The van der Waals surface area contributed by atoms with Crippen LogP contribution in [0.5, 0.6) is 0 Å². The van der Waals surface area contributed by atoms with Gasteiger partial charge in [0.1, 0.15) is 5.60 Å². The summed E-state index contributed by atoms with van der Waals surface area (Å²) in [5, 5.41) is 7.19. The van der Waals surface area contributed by atoms with E-state index in [9.17, 15) is 14.4 Å². The lowest BCUT2D eigenvalue weighted by atomic mass is 10.2. The number of hydrogen-bond acceptors (Lipinski definition) is 6. The van der Waals surface area contributed by atoms with E-state index >= 15 is 0 Å². The SMILES string of the molecule is CC(C)(C)OC(=O)NCCCOC(=O)c1ccc(NC(=O)c2cccs2)cc1. The topological polar surface area (TPSA) is 93.7 Å². The number of carbonyl (C=O) groups is 3. The Morgan fingerprint density at radius 2 is 1.79 bits per heavy atom. The van der Waals surface area contributed by atoms with Gasteiger partial charge in [0.15, 0.2) is 0 Å². The second-order valence-corrected chi connectivity index (χ2v) is 7.87. The molecule has 7 nitrogen and oxygen atoms in total. The summed E-state index contributed by atoms with van der Waals surface area (Å²) in [7, 11) is 0. The molecule has 28 heavy (non-hydrogen) atoms. The molecule has 0 atom stereocenters. The fourth-order valence-corrected chi connectivity index (χ4v) is 2.73. The average Bonchev–Trinajstić information content (AvgIpc) is 3.15. The van der Waals surface area contributed by atoms with Crippen LogP contribution in [0.1, 0.15) is 47.2 Å². The van der Waals surface area contributed by atoms with Crippen LogP contribution in [0.15, 0.2) is 41.8 Å². The summed E-state index contributed by atoms with van der Waals surface area (Å²) >= 11 is 1.36. The highest BCUT2D eigenvalue weighted by molar-refractivity contribution is 7.12. The Bertz CT molecular complexity index is 795. The first kappa shape index (κ1) is 21.4. The van der Waals surface area contributed by atoms with Crippen molar-refractivity contribution in [3.8, 4) is 0 Å². The number of hydrogen-bond donors (Lipinski definition) is 2. The van der Waals surface area contributed by atoms with Crippen molar-refractivity contribution in [1.82, 2.24) is 5.32 Å². The molecule has 0 aliphatic rings. The number of anilines is 1. The fraction of sp³-hybridized carbons (Fsp3) is 0.350. The highest BCUT2D eigenvalue weighted by atomic mass is 32.1. The fourth-order valence-electron chi connectivity index (χ4n) is 2.12. The molecule has 0 saturated heterocycles. The predicted octanol–water partition coefficient (Wildman–Crippen LogP) is 4.07. The van der Waals surface area contributed by atoms with E-state index in [1.807, 2.05) is 11.4 Å². The molecule has 2 amide bonds. The maximum Gasteiger partial charge on any atom is 0.407 e. The molecule has 2 rings (SSSR count). The summed E-state index contributed by atoms with van der Waals surface area (Å²) in [5.41, 5.74) is 0.428. The number of esters is 1. The molecule has 0 unspecified atom stereocenters. The van der Waals surface area contributed by atoms with Gasteiger partial charge in [-0.1, -0.05) is 6.07 Å². The number of alkyl carbamates (subject to hydrolysis) is 1. The Morgan fingerprint density at radius 1 is 1.07 bits per heavy atom. The minimum atomic E-state index is -0.550. The smallest absolute Gasteiger partial charge is 0.407 e. The third-order valence-corrected chi connectivity index (χ3v) is 4.21. The first-order valence-electron chi connectivity index (χ1n) is 8.83. The third-order valence-electron chi connectivity index (χ3n) is 3.35. The van der Waals surface area contributed by atoms with Gasteiger partial charge >= 0.3 is 12.1 Å². The summed E-state index contributed by atoms with van der Waals surface area (Å²) < 4.78 is 10.3. The van der Waals surface area contributed by atoms with Crippen molar-refractivity contribution in [2.75, 3.05) is 18.5 Å². The first-order valence-corrected chi connectivity index (χ1v) is 9.71. The summed E-state index contributed by atoms with van der Waals surface area (Å²) in [4.78, 5) is 36.1. The van der Waals surface area contributed by atoms with Gasteiger partial charge in [-0.2, -0.15) is 0 Å². The van der Waals surface area contributed by atoms with Crippen LogP contribution in [0, 0.1) is 0 Å². The van der Waals surface area contributed by atoms with Crippen molar-refractivity contribution >= 4 is 35.0 Å². The normalized spacial score (nSPS) is 10.8. The summed E-state index contributed by atoms with van der Waals surface area (Å²) in [6.45, 7) is 5.87. The van der Waals surface area contributed by atoms with E-state index in [-0.39, 0.29) is 12.5 Å². The molecule has 0 spiro atoms. The summed E-state index contributed by atoms with van der Waals surface area (Å²) in [5.74, 6) is -0.656. The number of carbonyl (C=O) groups excluding carboxylic acids is 3. The van der Waals surface area contributed by atoms with Gasteiger partial charge in [-0.25, -0.2) is 9.59 Å². The van der Waals surface area contributed by atoms with Crippen molar-refractivity contribution in [2.45, 2.75) is 32.8 Å². The van der Waals surface area contributed by atoms with Crippen molar-refractivity contribution in [3.05, 3.63) is 52.2 Å². The molecule has 0 aliphatic heterocycles. The number of benzene rings is 1. The quantitative estimate of drug-likeness (QED) is 0.536. The van der Waals surface area contributed by atoms with Gasteiger partial charge in [0.25, 0.3) is 5.91 Å². The van der Waals surface area contributed by atoms with E-state index in [2.05, 4.69) is 10.6 Å². The van der Waals surface area contributed by atoms with Crippen LogP contribution in [-0.4, -0.2) is 36.7 Å². The second kappa shape index (κ2) is 9.89. The van der Waals surface area contributed by atoms with E-state index in [1.165, 1.54) is 11.3 Å². The predicted molar refractivity (Wildman–Crippen MR) is 108 cm³/mol. The van der Waals surface area contributed by atoms with E-state index in [1.54, 1.807) is 51.1 Å². The lowest BCUT2D eigenvalue weighted by Crippen LogP contribution is -2.33. The monoisotopic (exact) mass is 404 g/mol. The maximum atomic E-state index is 12.0.